The van der Waals surface area contributed by atoms with Gasteiger partial charge in [0.1, 0.15) is 5.75 Å². The summed E-state index contributed by atoms with van der Waals surface area (Å²) in [5.74, 6) is 1.49. The number of amides is 1. The monoisotopic (exact) mass is 548 g/mol. The summed E-state index contributed by atoms with van der Waals surface area (Å²) in [6, 6.07) is 23.9. The molecule has 2 saturated heterocycles. The second-order valence-corrected chi connectivity index (χ2v) is 11.0. The Morgan fingerprint density at radius 2 is 1.82 bits per heavy atom. The molecule has 0 saturated carbocycles. The van der Waals surface area contributed by atoms with E-state index >= 15 is 0 Å². The standard InChI is InChI=1S/C32H37ClN2O4/c1-22(2)27-19-24(26-10-3-4-11-28(26)33)20-39-32(27)23-8-7-9-25(18-23)38-21-31(36)34-29-12-5-6-13-30(29)35-14-16-37-17-15-35/h3-13,18,22,24,27,32H,14-17,19-21H2,1-2H3,(H,34,36)/t24-,27-,32-/m0/s1. The summed E-state index contributed by atoms with van der Waals surface area (Å²) >= 11 is 6.51. The van der Waals surface area contributed by atoms with Crippen LogP contribution < -0.4 is 15.0 Å². The van der Waals surface area contributed by atoms with Gasteiger partial charge < -0.3 is 24.4 Å². The van der Waals surface area contributed by atoms with Crippen LogP contribution in [-0.2, 0) is 14.3 Å². The molecule has 0 unspecified atom stereocenters. The third-order valence-electron chi connectivity index (χ3n) is 7.71. The highest BCUT2D eigenvalue weighted by atomic mass is 35.5. The summed E-state index contributed by atoms with van der Waals surface area (Å²) in [5, 5.41) is 3.82. The molecule has 6 nitrogen and oxygen atoms in total. The van der Waals surface area contributed by atoms with E-state index in [-0.39, 0.29) is 24.5 Å². The Kier molecular flexibility index (Phi) is 9.07. The van der Waals surface area contributed by atoms with Crippen molar-refractivity contribution in [3.63, 3.8) is 0 Å². The smallest absolute Gasteiger partial charge is 0.262 e. The van der Waals surface area contributed by atoms with E-state index in [1.54, 1.807) is 0 Å². The molecule has 2 heterocycles. The third-order valence-corrected chi connectivity index (χ3v) is 8.05. The van der Waals surface area contributed by atoms with Gasteiger partial charge in [0.15, 0.2) is 6.61 Å². The normalized spacial score (nSPS) is 21.5. The Morgan fingerprint density at radius 1 is 1.05 bits per heavy atom. The van der Waals surface area contributed by atoms with E-state index < -0.39 is 0 Å². The van der Waals surface area contributed by atoms with Crippen LogP contribution in [0.2, 0.25) is 5.02 Å². The van der Waals surface area contributed by atoms with Crippen molar-refractivity contribution in [2.24, 2.45) is 11.8 Å². The minimum absolute atomic E-state index is 0.0403. The quantitative estimate of drug-likeness (QED) is 0.339. The summed E-state index contributed by atoms with van der Waals surface area (Å²) in [6.45, 7) is 8.01. The van der Waals surface area contributed by atoms with Gasteiger partial charge in [0.05, 0.1) is 37.3 Å². The Morgan fingerprint density at radius 3 is 2.62 bits per heavy atom. The van der Waals surface area contributed by atoms with E-state index in [1.807, 2.05) is 60.7 Å². The number of carbonyl (C=O) groups is 1. The molecule has 5 rings (SSSR count). The first-order chi connectivity index (χ1) is 19.0. The number of hydrogen-bond acceptors (Lipinski definition) is 5. The van der Waals surface area contributed by atoms with Gasteiger partial charge in [-0.1, -0.05) is 67.9 Å². The van der Waals surface area contributed by atoms with Gasteiger partial charge >= 0.3 is 0 Å². The number of hydrogen-bond donors (Lipinski definition) is 1. The summed E-state index contributed by atoms with van der Waals surface area (Å²) in [6.07, 6.45) is 0.962. The Bertz CT molecular complexity index is 1260. The lowest BCUT2D eigenvalue weighted by Crippen LogP contribution is -2.37. The van der Waals surface area contributed by atoms with Crippen LogP contribution in [0.1, 0.15) is 43.4 Å². The molecular weight excluding hydrogens is 512 g/mol. The van der Waals surface area contributed by atoms with Crippen LogP contribution >= 0.6 is 11.6 Å². The van der Waals surface area contributed by atoms with Crippen molar-refractivity contribution >= 4 is 28.9 Å². The third kappa shape index (κ3) is 6.75. The lowest BCUT2D eigenvalue weighted by atomic mass is 9.76. The first-order valence-electron chi connectivity index (χ1n) is 13.8. The minimum atomic E-state index is -0.197. The topological polar surface area (TPSA) is 60.0 Å². The second kappa shape index (κ2) is 12.9. The molecule has 0 radical (unpaired) electrons. The van der Waals surface area contributed by atoms with Crippen LogP contribution in [0.4, 0.5) is 11.4 Å². The average Bonchev–Trinajstić information content (AvgIpc) is 2.97. The minimum Gasteiger partial charge on any atom is -0.484 e. The molecule has 206 valence electrons. The Hall–Kier alpha value is -3.06. The molecule has 2 aliphatic rings. The number of carbonyl (C=O) groups excluding carboxylic acids is 1. The first kappa shape index (κ1) is 27.5. The van der Waals surface area contributed by atoms with Crippen molar-refractivity contribution in [3.05, 3.63) is 88.9 Å². The van der Waals surface area contributed by atoms with E-state index in [9.17, 15) is 4.79 Å². The van der Waals surface area contributed by atoms with Crippen LogP contribution in [0.25, 0.3) is 0 Å². The van der Waals surface area contributed by atoms with Crippen LogP contribution in [0.15, 0.2) is 72.8 Å². The summed E-state index contributed by atoms with van der Waals surface area (Å²) in [4.78, 5) is 15.1. The molecule has 39 heavy (non-hydrogen) atoms. The highest BCUT2D eigenvalue weighted by molar-refractivity contribution is 6.31. The average molecular weight is 549 g/mol. The molecule has 2 fully saturated rings. The molecule has 3 aromatic rings. The predicted octanol–water partition coefficient (Wildman–Crippen LogP) is 6.71. The number of nitrogens with zero attached hydrogens (tertiary/aromatic N) is 1. The number of para-hydroxylation sites is 2. The number of ether oxygens (including phenoxy) is 3. The van der Waals surface area contributed by atoms with Crippen LogP contribution in [-0.4, -0.2) is 45.4 Å². The maximum Gasteiger partial charge on any atom is 0.262 e. The SMILES string of the molecule is CC(C)[C@@H]1C[C@H](c2ccccc2Cl)CO[C@H]1c1cccc(OCC(=O)Nc2ccccc2N2CCOCC2)c1. The molecule has 0 aliphatic carbocycles. The fraction of sp³-hybridized carbons (Fsp3) is 0.406. The zero-order valence-electron chi connectivity index (χ0n) is 22.6. The van der Waals surface area contributed by atoms with Gasteiger partial charge in [-0.3, -0.25) is 4.79 Å². The van der Waals surface area contributed by atoms with E-state index in [0.717, 1.165) is 47.0 Å². The summed E-state index contributed by atoms with van der Waals surface area (Å²) < 4.78 is 17.9. The lowest BCUT2D eigenvalue weighted by Gasteiger charge is -2.39. The largest absolute Gasteiger partial charge is 0.484 e. The van der Waals surface area contributed by atoms with Gasteiger partial charge in [-0.2, -0.15) is 0 Å². The molecule has 1 N–H and O–H groups in total. The molecule has 0 spiro atoms. The molecule has 3 aromatic carbocycles. The number of rotatable bonds is 8. The van der Waals surface area contributed by atoms with Crippen molar-refractivity contribution in [2.45, 2.75) is 32.3 Å². The molecule has 0 bridgehead atoms. The van der Waals surface area contributed by atoms with Crippen molar-refractivity contribution in [3.8, 4) is 5.75 Å². The van der Waals surface area contributed by atoms with E-state index in [2.05, 4.69) is 36.2 Å². The van der Waals surface area contributed by atoms with Gasteiger partial charge in [-0.15, -0.1) is 0 Å². The van der Waals surface area contributed by atoms with Gasteiger partial charge in [0.2, 0.25) is 0 Å². The highest BCUT2D eigenvalue weighted by Gasteiger charge is 2.35. The number of halogens is 1. The van der Waals surface area contributed by atoms with Gasteiger partial charge in [-0.05, 0) is 59.7 Å². The predicted molar refractivity (Wildman–Crippen MR) is 156 cm³/mol. The van der Waals surface area contributed by atoms with E-state index in [1.165, 1.54) is 0 Å². The van der Waals surface area contributed by atoms with Crippen LogP contribution in [0, 0.1) is 11.8 Å². The molecule has 2 aliphatic heterocycles. The molecule has 7 heteroatoms. The van der Waals surface area contributed by atoms with Gasteiger partial charge in [0.25, 0.3) is 5.91 Å². The van der Waals surface area contributed by atoms with Crippen LogP contribution in [0.3, 0.4) is 0 Å². The molecule has 3 atom stereocenters. The summed E-state index contributed by atoms with van der Waals surface area (Å²) in [5.41, 5.74) is 4.01. The number of benzene rings is 3. The first-order valence-corrected chi connectivity index (χ1v) is 14.2. The molecule has 0 aromatic heterocycles. The number of anilines is 2. The van der Waals surface area contributed by atoms with Crippen molar-refractivity contribution in [1.29, 1.82) is 0 Å². The van der Waals surface area contributed by atoms with Crippen LogP contribution in [0.5, 0.6) is 5.75 Å². The van der Waals surface area contributed by atoms with Gasteiger partial charge in [-0.25, -0.2) is 0 Å². The zero-order chi connectivity index (χ0) is 27.2. The zero-order valence-corrected chi connectivity index (χ0v) is 23.4. The van der Waals surface area contributed by atoms with E-state index in [0.29, 0.717) is 37.4 Å². The molecular formula is C32H37ClN2O4. The van der Waals surface area contributed by atoms with Crippen molar-refractivity contribution in [1.82, 2.24) is 0 Å². The summed E-state index contributed by atoms with van der Waals surface area (Å²) in [7, 11) is 0. The fourth-order valence-electron chi connectivity index (χ4n) is 5.63. The number of morpholine rings is 1. The second-order valence-electron chi connectivity index (χ2n) is 10.6. The van der Waals surface area contributed by atoms with E-state index in [4.69, 9.17) is 25.8 Å². The molecule has 1 amide bonds. The van der Waals surface area contributed by atoms with Crippen molar-refractivity contribution in [2.75, 3.05) is 49.7 Å². The fourth-order valence-corrected chi connectivity index (χ4v) is 5.92. The maximum atomic E-state index is 12.8. The maximum absolute atomic E-state index is 12.8. The number of nitrogens with one attached hydrogen (secondary N) is 1. The highest BCUT2D eigenvalue weighted by Crippen LogP contribution is 2.45. The van der Waals surface area contributed by atoms with Crippen molar-refractivity contribution < 1.29 is 19.0 Å². The lowest BCUT2D eigenvalue weighted by molar-refractivity contribution is -0.118. The van der Waals surface area contributed by atoms with Gasteiger partial charge in [0, 0.05) is 24.0 Å². The Labute approximate surface area is 236 Å². The Balaban J connectivity index is 1.22.